The first-order chi connectivity index (χ1) is 9.83. The van der Waals surface area contributed by atoms with Gasteiger partial charge in [-0.25, -0.2) is 0 Å². The third-order valence-corrected chi connectivity index (χ3v) is 3.63. The molecule has 0 amide bonds. The molecule has 0 aliphatic carbocycles. The van der Waals surface area contributed by atoms with Crippen LogP contribution in [0, 0.1) is 5.92 Å². The zero-order valence-electron chi connectivity index (χ0n) is 11.5. The lowest BCUT2D eigenvalue weighted by molar-refractivity contribution is -0.148. The van der Waals surface area contributed by atoms with Gasteiger partial charge in [-0.2, -0.15) is 10.0 Å². The molecule has 7 heteroatoms. The van der Waals surface area contributed by atoms with Gasteiger partial charge in [-0.3, -0.25) is 0 Å². The topological polar surface area (TPSA) is 77.4 Å². The van der Waals surface area contributed by atoms with E-state index in [0.29, 0.717) is 24.1 Å². The van der Waals surface area contributed by atoms with Crippen molar-refractivity contribution < 1.29 is 13.9 Å². The van der Waals surface area contributed by atoms with Crippen molar-refractivity contribution in [2.24, 2.45) is 5.92 Å². The summed E-state index contributed by atoms with van der Waals surface area (Å²) in [5.74, 6) is 2.67. The van der Waals surface area contributed by atoms with Crippen LogP contribution in [0.5, 0.6) is 0 Å². The van der Waals surface area contributed by atoms with E-state index in [-0.39, 0.29) is 0 Å². The van der Waals surface area contributed by atoms with Crippen molar-refractivity contribution in [2.75, 3.05) is 20.2 Å². The highest BCUT2D eigenvalue weighted by Crippen LogP contribution is 2.21. The fraction of sp³-hybridized carbons (Fsp3) is 0.615. The highest BCUT2D eigenvalue weighted by molar-refractivity contribution is 5.02. The summed E-state index contributed by atoms with van der Waals surface area (Å²) in [5.41, 5.74) is 0. The van der Waals surface area contributed by atoms with E-state index >= 15 is 0 Å². The third kappa shape index (κ3) is 3.23. The standard InChI is InChI=1S/C13H18N4O3/c1-18-17-6-3-10(4-7-17)8-13-15-12(16-20-13)9-11-2-5-14-19-11/h2,5,10H,3-4,6-9H2,1H3. The van der Waals surface area contributed by atoms with Gasteiger partial charge in [0.2, 0.25) is 5.89 Å². The highest BCUT2D eigenvalue weighted by atomic mass is 16.7. The minimum absolute atomic E-state index is 0.519. The molecule has 3 heterocycles. The summed E-state index contributed by atoms with van der Waals surface area (Å²) in [6, 6.07) is 1.80. The molecule has 108 valence electrons. The zero-order chi connectivity index (χ0) is 13.8. The molecule has 3 rings (SSSR count). The first-order valence-corrected chi connectivity index (χ1v) is 6.83. The van der Waals surface area contributed by atoms with E-state index in [1.165, 1.54) is 0 Å². The number of hydrogen-bond acceptors (Lipinski definition) is 7. The molecule has 2 aromatic rings. The van der Waals surface area contributed by atoms with Crippen LogP contribution in [0.15, 0.2) is 21.3 Å². The summed E-state index contributed by atoms with van der Waals surface area (Å²) in [4.78, 5) is 9.63. The largest absolute Gasteiger partial charge is 0.361 e. The molecular formula is C13H18N4O3. The number of nitrogens with zero attached hydrogens (tertiary/aromatic N) is 4. The number of piperidine rings is 1. The van der Waals surface area contributed by atoms with Crippen LogP contribution in [-0.2, 0) is 17.7 Å². The quantitative estimate of drug-likeness (QED) is 0.819. The molecule has 1 aliphatic rings. The van der Waals surface area contributed by atoms with Crippen LogP contribution < -0.4 is 0 Å². The van der Waals surface area contributed by atoms with Crippen LogP contribution in [-0.4, -0.2) is 40.6 Å². The van der Waals surface area contributed by atoms with Crippen LogP contribution in [0.4, 0.5) is 0 Å². The normalized spacial score (nSPS) is 17.6. The third-order valence-electron chi connectivity index (χ3n) is 3.63. The second kappa shape index (κ2) is 6.15. The lowest BCUT2D eigenvalue weighted by Crippen LogP contribution is -2.33. The number of hydrogen-bond donors (Lipinski definition) is 0. The molecule has 0 N–H and O–H groups in total. The Morgan fingerprint density at radius 2 is 2.20 bits per heavy atom. The maximum absolute atomic E-state index is 5.30. The lowest BCUT2D eigenvalue weighted by atomic mass is 9.94. The first kappa shape index (κ1) is 13.3. The Balaban J connectivity index is 1.52. The molecule has 2 aromatic heterocycles. The van der Waals surface area contributed by atoms with Gasteiger partial charge in [0.05, 0.1) is 19.7 Å². The van der Waals surface area contributed by atoms with Gasteiger partial charge in [0.1, 0.15) is 5.76 Å². The van der Waals surface area contributed by atoms with Crippen molar-refractivity contribution >= 4 is 0 Å². The fourth-order valence-electron chi connectivity index (χ4n) is 2.48. The molecule has 1 fully saturated rings. The SMILES string of the molecule is CON1CCC(Cc2nc(Cc3ccno3)no2)CC1. The van der Waals surface area contributed by atoms with Gasteiger partial charge >= 0.3 is 0 Å². The van der Waals surface area contributed by atoms with E-state index < -0.39 is 0 Å². The number of hydroxylamine groups is 2. The van der Waals surface area contributed by atoms with Crippen LogP contribution in [0.1, 0.15) is 30.3 Å². The molecule has 0 spiro atoms. The predicted octanol–water partition coefficient (Wildman–Crippen LogP) is 1.46. The molecule has 20 heavy (non-hydrogen) atoms. The lowest BCUT2D eigenvalue weighted by Gasteiger charge is -2.29. The van der Waals surface area contributed by atoms with Gasteiger partial charge < -0.3 is 13.9 Å². The molecule has 0 aromatic carbocycles. The Kier molecular flexibility index (Phi) is 4.08. The van der Waals surface area contributed by atoms with E-state index in [1.54, 1.807) is 19.4 Å². The van der Waals surface area contributed by atoms with E-state index in [4.69, 9.17) is 13.9 Å². The Bertz CT molecular complexity index is 517. The van der Waals surface area contributed by atoms with E-state index in [9.17, 15) is 0 Å². The Hall–Kier alpha value is -1.73. The van der Waals surface area contributed by atoms with Gasteiger partial charge in [-0.15, -0.1) is 0 Å². The average molecular weight is 278 g/mol. The van der Waals surface area contributed by atoms with Crippen molar-refractivity contribution in [3.8, 4) is 0 Å². The van der Waals surface area contributed by atoms with Crippen molar-refractivity contribution in [3.63, 3.8) is 0 Å². The fourth-order valence-corrected chi connectivity index (χ4v) is 2.48. The zero-order valence-corrected chi connectivity index (χ0v) is 11.5. The second-order valence-electron chi connectivity index (χ2n) is 5.02. The molecule has 0 radical (unpaired) electrons. The maximum Gasteiger partial charge on any atom is 0.226 e. The summed E-state index contributed by atoms with van der Waals surface area (Å²) < 4.78 is 10.3. The molecule has 1 saturated heterocycles. The average Bonchev–Trinajstić information content (AvgIpc) is 3.12. The minimum atomic E-state index is 0.519. The highest BCUT2D eigenvalue weighted by Gasteiger charge is 2.21. The monoisotopic (exact) mass is 278 g/mol. The van der Waals surface area contributed by atoms with Crippen LogP contribution >= 0.6 is 0 Å². The van der Waals surface area contributed by atoms with Crippen LogP contribution in [0.2, 0.25) is 0 Å². The van der Waals surface area contributed by atoms with Gasteiger partial charge in [0.25, 0.3) is 0 Å². The summed E-state index contributed by atoms with van der Waals surface area (Å²) >= 11 is 0. The van der Waals surface area contributed by atoms with Gasteiger partial charge in [-0.05, 0) is 18.8 Å². The van der Waals surface area contributed by atoms with E-state index in [0.717, 1.165) is 38.1 Å². The Labute approximate surface area is 116 Å². The second-order valence-corrected chi connectivity index (χ2v) is 5.02. The maximum atomic E-state index is 5.30. The Morgan fingerprint density at radius 1 is 1.35 bits per heavy atom. The molecular weight excluding hydrogens is 260 g/mol. The van der Waals surface area contributed by atoms with E-state index in [1.807, 2.05) is 5.06 Å². The molecule has 0 saturated carbocycles. The number of rotatable bonds is 5. The number of aromatic nitrogens is 3. The summed E-state index contributed by atoms with van der Waals surface area (Å²) in [6.45, 7) is 1.92. The molecule has 0 bridgehead atoms. The van der Waals surface area contributed by atoms with E-state index in [2.05, 4.69) is 15.3 Å². The summed E-state index contributed by atoms with van der Waals surface area (Å²) in [6.07, 6.45) is 5.15. The van der Waals surface area contributed by atoms with Gasteiger partial charge in [0, 0.05) is 25.6 Å². The Morgan fingerprint density at radius 3 is 2.90 bits per heavy atom. The van der Waals surface area contributed by atoms with Crippen molar-refractivity contribution in [1.82, 2.24) is 20.4 Å². The van der Waals surface area contributed by atoms with Gasteiger partial charge in [0.15, 0.2) is 5.82 Å². The van der Waals surface area contributed by atoms with Gasteiger partial charge in [-0.1, -0.05) is 10.3 Å². The molecule has 0 atom stereocenters. The minimum Gasteiger partial charge on any atom is -0.361 e. The van der Waals surface area contributed by atoms with Crippen molar-refractivity contribution in [2.45, 2.75) is 25.7 Å². The van der Waals surface area contributed by atoms with Crippen molar-refractivity contribution in [1.29, 1.82) is 0 Å². The first-order valence-electron chi connectivity index (χ1n) is 6.83. The molecule has 0 unspecified atom stereocenters. The smallest absolute Gasteiger partial charge is 0.226 e. The van der Waals surface area contributed by atoms with Crippen LogP contribution in [0.3, 0.4) is 0 Å². The summed E-state index contributed by atoms with van der Waals surface area (Å²) in [7, 11) is 1.72. The van der Waals surface area contributed by atoms with Crippen LogP contribution in [0.25, 0.3) is 0 Å². The molecule has 1 aliphatic heterocycles. The summed E-state index contributed by atoms with van der Waals surface area (Å²) in [5, 5.41) is 9.62. The van der Waals surface area contributed by atoms with Crippen molar-refractivity contribution in [3.05, 3.63) is 29.7 Å². The predicted molar refractivity (Wildman–Crippen MR) is 68.6 cm³/mol. The molecule has 7 nitrogen and oxygen atoms in total.